The minimum Gasteiger partial charge on any atom is -0.478 e. The first-order chi connectivity index (χ1) is 9.45. The van der Waals surface area contributed by atoms with E-state index in [-0.39, 0.29) is 10.6 Å². The van der Waals surface area contributed by atoms with Crippen molar-refractivity contribution in [1.82, 2.24) is 9.36 Å². The number of aromatic nitrogens is 2. The van der Waals surface area contributed by atoms with Crippen LogP contribution in [-0.2, 0) is 0 Å². The molecule has 0 radical (unpaired) electrons. The molecule has 0 spiro atoms. The molecule has 0 atom stereocenters. The van der Waals surface area contributed by atoms with Gasteiger partial charge in [-0.15, -0.1) is 0 Å². The summed E-state index contributed by atoms with van der Waals surface area (Å²) in [5.74, 6) is -0.526. The van der Waals surface area contributed by atoms with Crippen LogP contribution >= 0.6 is 23.1 Å². The number of aromatic carboxylic acids is 1. The number of benzene rings is 1. The smallest absolute Gasteiger partial charge is 0.335 e. The Balaban J connectivity index is 2.06. The van der Waals surface area contributed by atoms with Crippen molar-refractivity contribution in [2.45, 2.75) is 6.92 Å². The van der Waals surface area contributed by atoms with Gasteiger partial charge in [0.2, 0.25) is 5.13 Å². The largest absolute Gasteiger partial charge is 0.478 e. The maximum Gasteiger partial charge on any atom is 0.335 e. The second-order valence-electron chi connectivity index (χ2n) is 3.73. The van der Waals surface area contributed by atoms with Crippen molar-refractivity contribution in [1.29, 1.82) is 0 Å². The van der Waals surface area contributed by atoms with Crippen LogP contribution in [0.5, 0.6) is 0 Å². The monoisotopic (exact) mass is 312 g/mol. The van der Waals surface area contributed by atoms with Crippen molar-refractivity contribution in [3.8, 4) is 0 Å². The summed E-state index contributed by atoms with van der Waals surface area (Å²) in [5, 5.41) is 14.3. The van der Waals surface area contributed by atoms with E-state index in [1.165, 1.54) is 18.2 Å². The zero-order valence-corrected chi connectivity index (χ0v) is 11.7. The minimum atomic E-state index is -1.09. The highest BCUT2D eigenvalue weighted by molar-refractivity contribution is 7.09. The number of hydrogen-bond donors (Lipinski definition) is 3. The molecule has 2 amide bonds. The van der Waals surface area contributed by atoms with Crippen LogP contribution in [0, 0.1) is 6.92 Å². The van der Waals surface area contributed by atoms with E-state index < -0.39 is 12.0 Å². The Kier molecular flexibility index (Phi) is 4.16. The number of nitrogens with one attached hydrogen (secondary N) is 2. The van der Waals surface area contributed by atoms with E-state index in [2.05, 4.69) is 20.0 Å². The Morgan fingerprint density at radius 3 is 2.65 bits per heavy atom. The Morgan fingerprint density at radius 2 is 2.10 bits per heavy atom. The lowest BCUT2D eigenvalue weighted by Gasteiger charge is -2.07. The lowest BCUT2D eigenvalue weighted by Crippen LogP contribution is -2.19. The summed E-state index contributed by atoms with van der Waals surface area (Å²) in [7, 11) is 0. The maximum absolute atomic E-state index is 11.7. The topological polar surface area (TPSA) is 104 Å². The number of carboxylic acid groups (broad SMARTS) is 1. The van der Waals surface area contributed by atoms with E-state index in [0.29, 0.717) is 16.6 Å². The molecule has 0 saturated carbocycles. The van der Waals surface area contributed by atoms with Crippen LogP contribution in [0.3, 0.4) is 0 Å². The average Bonchev–Trinajstić information content (AvgIpc) is 2.77. The predicted octanol–water partition coefficient (Wildman–Crippen LogP) is 2.84. The first-order valence-electron chi connectivity index (χ1n) is 5.37. The van der Waals surface area contributed by atoms with Crippen molar-refractivity contribution in [2.75, 3.05) is 10.6 Å². The fourth-order valence-electron chi connectivity index (χ4n) is 1.35. The van der Waals surface area contributed by atoms with Crippen LogP contribution < -0.4 is 10.6 Å². The average molecular weight is 313 g/mol. The van der Waals surface area contributed by atoms with Crippen molar-refractivity contribution in [2.24, 2.45) is 0 Å². The van der Waals surface area contributed by atoms with Gasteiger partial charge in [0.1, 0.15) is 5.82 Å². The highest BCUT2D eigenvalue weighted by Crippen LogP contribution is 2.23. The molecule has 0 bridgehead atoms. The first-order valence-corrected chi connectivity index (χ1v) is 6.52. The molecule has 1 aromatic heterocycles. The normalized spacial score (nSPS) is 10.1. The first kappa shape index (κ1) is 14.2. The number of rotatable bonds is 3. The highest BCUT2D eigenvalue weighted by Gasteiger charge is 2.11. The van der Waals surface area contributed by atoms with E-state index >= 15 is 0 Å². The van der Waals surface area contributed by atoms with Crippen LogP contribution in [0.1, 0.15) is 16.2 Å². The van der Waals surface area contributed by atoms with Crippen LogP contribution in [0.15, 0.2) is 18.2 Å². The van der Waals surface area contributed by atoms with E-state index in [0.717, 1.165) is 11.5 Å². The summed E-state index contributed by atoms with van der Waals surface area (Å²) in [5.41, 5.74) is 0.344. The van der Waals surface area contributed by atoms with E-state index in [1.54, 1.807) is 6.92 Å². The summed E-state index contributed by atoms with van der Waals surface area (Å²) < 4.78 is 3.92. The Hall–Kier alpha value is -2.19. The molecule has 0 aliphatic rings. The van der Waals surface area contributed by atoms with Gasteiger partial charge in [-0.2, -0.15) is 4.37 Å². The number of hydrogen-bond acceptors (Lipinski definition) is 5. The molecule has 0 aliphatic heterocycles. The Bertz CT molecular complexity index is 673. The zero-order chi connectivity index (χ0) is 14.7. The van der Waals surface area contributed by atoms with Gasteiger partial charge < -0.3 is 10.4 Å². The summed E-state index contributed by atoms with van der Waals surface area (Å²) in [6.45, 7) is 1.71. The van der Waals surface area contributed by atoms with Gasteiger partial charge in [-0.3, -0.25) is 5.32 Å². The summed E-state index contributed by atoms with van der Waals surface area (Å²) >= 11 is 6.95. The van der Waals surface area contributed by atoms with Crippen LogP contribution in [0.4, 0.5) is 15.6 Å². The molecule has 2 rings (SSSR count). The molecule has 0 aliphatic carbocycles. The van der Waals surface area contributed by atoms with E-state index in [1.807, 2.05) is 0 Å². The summed E-state index contributed by atoms with van der Waals surface area (Å²) in [6, 6.07) is 3.48. The molecular weight excluding hydrogens is 304 g/mol. The van der Waals surface area contributed by atoms with Gasteiger partial charge in [-0.1, -0.05) is 11.6 Å². The number of urea groups is 1. The highest BCUT2D eigenvalue weighted by atomic mass is 35.5. The molecule has 1 heterocycles. The minimum absolute atomic E-state index is 0.0423. The predicted molar refractivity (Wildman–Crippen MR) is 75.7 cm³/mol. The third-order valence-electron chi connectivity index (χ3n) is 2.21. The second-order valence-corrected chi connectivity index (χ2v) is 4.88. The number of nitrogens with zero attached hydrogens (tertiary/aromatic N) is 2. The SMILES string of the molecule is Cc1nsc(NC(=O)Nc2ccc(C(=O)O)cc2Cl)n1. The molecule has 9 heteroatoms. The Morgan fingerprint density at radius 1 is 1.35 bits per heavy atom. The molecule has 1 aromatic carbocycles. The van der Waals surface area contributed by atoms with Gasteiger partial charge in [-0.25, -0.2) is 14.6 Å². The number of carbonyl (C=O) groups is 2. The fourth-order valence-corrected chi connectivity index (χ4v) is 2.15. The van der Waals surface area contributed by atoms with Crippen LogP contribution in [0.2, 0.25) is 5.02 Å². The fraction of sp³-hybridized carbons (Fsp3) is 0.0909. The van der Waals surface area contributed by atoms with Gasteiger partial charge in [0.25, 0.3) is 0 Å². The van der Waals surface area contributed by atoms with Crippen molar-refractivity contribution < 1.29 is 14.7 Å². The number of halogens is 1. The lowest BCUT2D eigenvalue weighted by molar-refractivity contribution is 0.0697. The van der Waals surface area contributed by atoms with Crippen molar-refractivity contribution in [3.05, 3.63) is 34.6 Å². The van der Waals surface area contributed by atoms with Gasteiger partial charge in [0.15, 0.2) is 0 Å². The second kappa shape index (κ2) is 5.85. The van der Waals surface area contributed by atoms with Crippen LogP contribution in [-0.4, -0.2) is 26.5 Å². The number of carbonyl (C=O) groups excluding carboxylic acids is 1. The third-order valence-corrected chi connectivity index (χ3v) is 3.25. The maximum atomic E-state index is 11.7. The van der Waals surface area contributed by atoms with Gasteiger partial charge in [0, 0.05) is 11.5 Å². The van der Waals surface area contributed by atoms with E-state index in [9.17, 15) is 9.59 Å². The molecule has 0 fully saturated rings. The van der Waals surface area contributed by atoms with Gasteiger partial charge in [-0.05, 0) is 25.1 Å². The number of anilines is 2. The van der Waals surface area contributed by atoms with Gasteiger partial charge in [0.05, 0.1) is 16.3 Å². The molecule has 7 nitrogen and oxygen atoms in total. The number of amides is 2. The molecule has 3 N–H and O–H groups in total. The quantitative estimate of drug-likeness (QED) is 0.808. The van der Waals surface area contributed by atoms with Crippen molar-refractivity contribution >= 4 is 46.0 Å². The molecule has 104 valence electrons. The number of carboxylic acids is 1. The molecule has 0 unspecified atom stereocenters. The molecular formula is C11H9ClN4O3S. The lowest BCUT2D eigenvalue weighted by atomic mass is 10.2. The van der Waals surface area contributed by atoms with Crippen molar-refractivity contribution in [3.63, 3.8) is 0 Å². The van der Waals surface area contributed by atoms with Crippen LogP contribution in [0.25, 0.3) is 0 Å². The van der Waals surface area contributed by atoms with E-state index in [4.69, 9.17) is 16.7 Å². The zero-order valence-electron chi connectivity index (χ0n) is 10.2. The van der Waals surface area contributed by atoms with Gasteiger partial charge >= 0.3 is 12.0 Å². The summed E-state index contributed by atoms with van der Waals surface area (Å²) in [6.07, 6.45) is 0. The molecule has 20 heavy (non-hydrogen) atoms. The third kappa shape index (κ3) is 3.43. The molecule has 0 saturated heterocycles. The summed E-state index contributed by atoms with van der Waals surface area (Å²) in [4.78, 5) is 26.4. The standard InChI is InChI=1S/C11H9ClN4O3S/c1-5-13-11(20-16-5)15-10(19)14-8-3-2-6(9(17)18)4-7(8)12/h2-4H,1H3,(H,17,18)(H2,13,14,15,16,19). The molecule has 2 aromatic rings. The Labute approximate surface area is 122 Å². The number of aryl methyl sites for hydroxylation is 1.